The number of primary sulfonamides is 1. The summed E-state index contributed by atoms with van der Waals surface area (Å²) in [5.74, 6) is 3.32. The number of sulfonamides is 1. The molecular weight excluding hydrogens is 276 g/mol. The van der Waals surface area contributed by atoms with Gasteiger partial charge in [-0.2, -0.15) is 0 Å². The monoisotopic (exact) mass is 288 g/mol. The van der Waals surface area contributed by atoms with E-state index in [4.69, 9.17) is 11.6 Å². The number of rotatable bonds is 3. The summed E-state index contributed by atoms with van der Waals surface area (Å²) in [6, 6.07) is 6.10. The third-order valence-electron chi connectivity index (χ3n) is 2.60. The normalized spacial score (nSPS) is 10.8. The van der Waals surface area contributed by atoms with Crippen LogP contribution in [0.4, 0.5) is 5.82 Å². The summed E-state index contributed by atoms with van der Waals surface area (Å²) < 4.78 is 22.7. The quantitative estimate of drug-likeness (QED) is 0.815. The Labute approximate surface area is 117 Å². The zero-order valence-electron chi connectivity index (χ0n) is 10.7. The second-order valence-electron chi connectivity index (χ2n) is 3.92. The topological polar surface area (TPSA) is 98.0 Å². The number of anilines is 1. The number of aromatic nitrogens is 2. The maximum atomic E-state index is 11.3. The van der Waals surface area contributed by atoms with Crippen LogP contribution >= 0.6 is 0 Å². The van der Waals surface area contributed by atoms with Gasteiger partial charge in [-0.05, 0) is 12.1 Å². The molecule has 0 amide bonds. The average molecular weight is 288 g/mol. The Balaban J connectivity index is 2.55. The summed E-state index contributed by atoms with van der Waals surface area (Å²) >= 11 is 0. The minimum absolute atomic E-state index is 0.00522. The van der Waals surface area contributed by atoms with E-state index in [1.165, 1.54) is 18.3 Å². The van der Waals surface area contributed by atoms with Crippen molar-refractivity contribution < 1.29 is 8.42 Å². The molecule has 0 fully saturated rings. The fraction of sp³-hybridized carbons (Fsp3) is 0.0769. The standard InChI is InChI=1S/C13H12N4O2S/c1-3-9-8-16-13(17-12(9)15-2)10-5-4-6-11(7-10)20(14,18)19/h1,4-8H,2H3,(H2,14,18,19)(H,15,16,17). The summed E-state index contributed by atoms with van der Waals surface area (Å²) in [4.78, 5) is 8.38. The van der Waals surface area contributed by atoms with Crippen molar-refractivity contribution in [3.63, 3.8) is 0 Å². The molecule has 2 aromatic rings. The van der Waals surface area contributed by atoms with Gasteiger partial charge in [-0.1, -0.05) is 18.1 Å². The van der Waals surface area contributed by atoms with E-state index >= 15 is 0 Å². The fourth-order valence-corrected chi connectivity index (χ4v) is 2.19. The summed E-state index contributed by atoms with van der Waals surface area (Å²) in [7, 11) is -2.08. The maximum Gasteiger partial charge on any atom is 0.238 e. The number of hydrogen-bond acceptors (Lipinski definition) is 5. The third kappa shape index (κ3) is 2.77. The second kappa shape index (κ2) is 5.28. The molecule has 1 aromatic carbocycles. The number of nitrogens with zero attached hydrogens (tertiary/aromatic N) is 2. The van der Waals surface area contributed by atoms with E-state index in [0.717, 1.165) is 0 Å². The minimum Gasteiger partial charge on any atom is -0.372 e. The molecule has 1 heterocycles. The van der Waals surface area contributed by atoms with Crippen molar-refractivity contribution in [1.82, 2.24) is 9.97 Å². The van der Waals surface area contributed by atoms with Gasteiger partial charge in [0.2, 0.25) is 10.0 Å². The predicted octanol–water partition coefficient (Wildman–Crippen LogP) is 0.814. The van der Waals surface area contributed by atoms with Gasteiger partial charge in [0.15, 0.2) is 5.82 Å². The number of benzene rings is 1. The van der Waals surface area contributed by atoms with Crippen LogP contribution in [0.2, 0.25) is 0 Å². The summed E-state index contributed by atoms with van der Waals surface area (Å²) in [5.41, 5.74) is 1.07. The van der Waals surface area contributed by atoms with Gasteiger partial charge in [0.25, 0.3) is 0 Å². The molecule has 0 bridgehead atoms. The first-order valence-electron chi connectivity index (χ1n) is 5.60. The van der Waals surface area contributed by atoms with Gasteiger partial charge in [-0.25, -0.2) is 23.5 Å². The van der Waals surface area contributed by atoms with Gasteiger partial charge < -0.3 is 5.32 Å². The van der Waals surface area contributed by atoms with Gasteiger partial charge in [-0.3, -0.25) is 0 Å². The Morgan fingerprint density at radius 1 is 1.40 bits per heavy atom. The lowest BCUT2D eigenvalue weighted by Gasteiger charge is -2.06. The molecule has 0 radical (unpaired) electrons. The van der Waals surface area contributed by atoms with Crippen molar-refractivity contribution >= 4 is 15.8 Å². The Morgan fingerprint density at radius 3 is 2.75 bits per heavy atom. The van der Waals surface area contributed by atoms with Crippen LogP contribution < -0.4 is 10.5 Å². The highest BCUT2D eigenvalue weighted by Gasteiger charge is 2.11. The third-order valence-corrected chi connectivity index (χ3v) is 3.51. The van der Waals surface area contributed by atoms with Gasteiger partial charge in [-0.15, -0.1) is 6.42 Å². The van der Waals surface area contributed by atoms with E-state index < -0.39 is 10.0 Å². The van der Waals surface area contributed by atoms with Crippen molar-refractivity contribution in [3.05, 3.63) is 36.0 Å². The van der Waals surface area contributed by atoms with Crippen LogP contribution in [-0.2, 0) is 10.0 Å². The average Bonchev–Trinajstić information content (AvgIpc) is 2.45. The van der Waals surface area contributed by atoms with Crippen molar-refractivity contribution in [2.75, 3.05) is 12.4 Å². The Kier molecular flexibility index (Phi) is 3.70. The van der Waals surface area contributed by atoms with Gasteiger partial charge in [0, 0.05) is 18.8 Å². The fourth-order valence-electron chi connectivity index (χ4n) is 1.63. The van der Waals surface area contributed by atoms with Gasteiger partial charge >= 0.3 is 0 Å². The molecule has 0 aliphatic rings. The first kappa shape index (κ1) is 14.0. The molecule has 0 spiro atoms. The van der Waals surface area contributed by atoms with E-state index in [0.29, 0.717) is 22.8 Å². The Morgan fingerprint density at radius 2 is 2.15 bits per heavy atom. The SMILES string of the molecule is C#Cc1cnc(-c2cccc(S(N)(=O)=O)c2)nc1NC. The summed E-state index contributed by atoms with van der Waals surface area (Å²) in [6.45, 7) is 0. The smallest absolute Gasteiger partial charge is 0.238 e. The molecule has 0 saturated heterocycles. The molecule has 3 N–H and O–H groups in total. The second-order valence-corrected chi connectivity index (χ2v) is 5.48. The molecule has 102 valence electrons. The van der Waals surface area contributed by atoms with Crippen LogP contribution in [-0.4, -0.2) is 25.4 Å². The molecule has 0 atom stereocenters. The van der Waals surface area contributed by atoms with Gasteiger partial charge in [0.05, 0.1) is 10.5 Å². The zero-order valence-corrected chi connectivity index (χ0v) is 11.5. The molecule has 1 aromatic heterocycles. The zero-order chi connectivity index (χ0) is 14.8. The van der Waals surface area contributed by atoms with E-state index in [2.05, 4.69) is 21.2 Å². The lowest BCUT2D eigenvalue weighted by Crippen LogP contribution is -2.12. The van der Waals surface area contributed by atoms with E-state index in [9.17, 15) is 8.42 Å². The minimum atomic E-state index is -3.77. The van der Waals surface area contributed by atoms with E-state index in [1.807, 2.05) is 0 Å². The lowest BCUT2D eigenvalue weighted by molar-refractivity contribution is 0.598. The highest BCUT2D eigenvalue weighted by molar-refractivity contribution is 7.89. The number of hydrogen-bond donors (Lipinski definition) is 2. The first-order chi connectivity index (χ1) is 9.45. The Hall–Kier alpha value is -2.43. The van der Waals surface area contributed by atoms with Crippen molar-refractivity contribution in [2.24, 2.45) is 5.14 Å². The Bertz CT molecular complexity index is 794. The highest BCUT2D eigenvalue weighted by Crippen LogP contribution is 2.21. The first-order valence-corrected chi connectivity index (χ1v) is 7.15. The number of terminal acetylenes is 1. The summed E-state index contributed by atoms with van der Waals surface area (Å²) in [5, 5.41) is 7.96. The maximum absolute atomic E-state index is 11.3. The van der Waals surface area contributed by atoms with E-state index in [-0.39, 0.29) is 4.90 Å². The van der Waals surface area contributed by atoms with Crippen molar-refractivity contribution in [1.29, 1.82) is 0 Å². The summed E-state index contributed by atoms with van der Waals surface area (Å²) in [6.07, 6.45) is 6.83. The van der Waals surface area contributed by atoms with Gasteiger partial charge in [0.1, 0.15) is 5.82 Å². The van der Waals surface area contributed by atoms with Crippen LogP contribution in [0.25, 0.3) is 11.4 Å². The molecule has 0 saturated carbocycles. The van der Waals surface area contributed by atoms with Crippen molar-refractivity contribution in [2.45, 2.75) is 4.90 Å². The van der Waals surface area contributed by atoms with Crippen LogP contribution in [0.15, 0.2) is 35.4 Å². The number of nitrogens with one attached hydrogen (secondary N) is 1. The van der Waals surface area contributed by atoms with Crippen LogP contribution in [0, 0.1) is 12.3 Å². The molecule has 2 rings (SSSR count). The predicted molar refractivity (Wildman–Crippen MR) is 76.3 cm³/mol. The number of nitrogens with two attached hydrogens (primary N) is 1. The molecule has 0 unspecified atom stereocenters. The molecule has 7 heteroatoms. The molecular formula is C13H12N4O2S. The molecule has 0 aliphatic heterocycles. The largest absolute Gasteiger partial charge is 0.372 e. The molecule has 20 heavy (non-hydrogen) atoms. The van der Waals surface area contributed by atoms with Crippen LogP contribution in [0.5, 0.6) is 0 Å². The highest BCUT2D eigenvalue weighted by atomic mass is 32.2. The van der Waals surface area contributed by atoms with Crippen molar-refractivity contribution in [3.8, 4) is 23.7 Å². The van der Waals surface area contributed by atoms with Crippen LogP contribution in [0.3, 0.4) is 0 Å². The van der Waals surface area contributed by atoms with Crippen LogP contribution in [0.1, 0.15) is 5.56 Å². The lowest BCUT2D eigenvalue weighted by atomic mass is 10.2. The molecule has 0 aliphatic carbocycles. The molecule has 6 nitrogen and oxygen atoms in total. The van der Waals surface area contributed by atoms with E-state index in [1.54, 1.807) is 19.2 Å².